The summed E-state index contributed by atoms with van der Waals surface area (Å²) in [6.45, 7) is -0.388. The molecule has 0 spiro atoms. The standard InChI is InChI=1S/C6H6F8/c1-3(2,5(9,10)11)4(7,8)6(12,13)14/h1-2H3. The summed E-state index contributed by atoms with van der Waals surface area (Å²) in [6.07, 6.45) is -11.8. The highest BCUT2D eigenvalue weighted by Crippen LogP contribution is 2.55. The molecule has 0 amide bonds. The van der Waals surface area contributed by atoms with Crippen LogP contribution in [0.15, 0.2) is 0 Å². The second-order valence-electron chi connectivity index (χ2n) is 3.19. The van der Waals surface area contributed by atoms with Crippen molar-refractivity contribution in [2.75, 3.05) is 0 Å². The smallest absolute Gasteiger partial charge is 0.195 e. The molecule has 14 heavy (non-hydrogen) atoms. The molecular weight excluding hydrogens is 224 g/mol. The zero-order chi connectivity index (χ0) is 12.0. The van der Waals surface area contributed by atoms with Crippen LogP contribution in [0.5, 0.6) is 0 Å². The van der Waals surface area contributed by atoms with Gasteiger partial charge in [-0.1, -0.05) is 0 Å². The largest absolute Gasteiger partial charge is 0.454 e. The summed E-state index contributed by atoms with van der Waals surface area (Å²) in [6, 6.07) is 0. The molecule has 0 radical (unpaired) electrons. The number of rotatable bonds is 1. The number of hydrogen-bond donors (Lipinski definition) is 0. The van der Waals surface area contributed by atoms with E-state index in [1.54, 1.807) is 0 Å². The third kappa shape index (κ3) is 1.78. The van der Waals surface area contributed by atoms with Crippen LogP contribution in [0, 0.1) is 5.41 Å². The molecule has 0 aromatic carbocycles. The fourth-order valence-corrected chi connectivity index (χ4v) is 0.532. The van der Waals surface area contributed by atoms with Crippen LogP contribution in [0.1, 0.15) is 13.8 Å². The Morgan fingerprint density at radius 1 is 0.571 bits per heavy atom. The van der Waals surface area contributed by atoms with Gasteiger partial charge in [-0.3, -0.25) is 0 Å². The first-order valence-electron chi connectivity index (χ1n) is 3.26. The molecule has 86 valence electrons. The van der Waals surface area contributed by atoms with Gasteiger partial charge in [0.1, 0.15) is 5.41 Å². The molecule has 0 rings (SSSR count). The van der Waals surface area contributed by atoms with Gasteiger partial charge < -0.3 is 0 Å². The van der Waals surface area contributed by atoms with Crippen molar-refractivity contribution >= 4 is 0 Å². The first-order valence-corrected chi connectivity index (χ1v) is 3.26. The van der Waals surface area contributed by atoms with Crippen molar-refractivity contribution in [1.82, 2.24) is 0 Å². The first kappa shape index (κ1) is 13.4. The molecule has 0 aliphatic rings. The average molecular weight is 230 g/mol. The van der Waals surface area contributed by atoms with E-state index in [0.717, 1.165) is 0 Å². The van der Waals surface area contributed by atoms with Crippen LogP contribution in [0.3, 0.4) is 0 Å². The van der Waals surface area contributed by atoms with Crippen LogP contribution in [-0.2, 0) is 0 Å². The van der Waals surface area contributed by atoms with E-state index >= 15 is 0 Å². The molecule has 0 N–H and O–H groups in total. The minimum atomic E-state index is -6.22. The minimum absolute atomic E-state index is 0.194. The molecule has 0 fully saturated rings. The Hall–Kier alpha value is -0.560. The number of hydrogen-bond acceptors (Lipinski definition) is 0. The fraction of sp³-hybridized carbons (Fsp3) is 1.00. The quantitative estimate of drug-likeness (QED) is 0.601. The van der Waals surface area contributed by atoms with Gasteiger partial charge in [0, 0.05) is 0 Å². The fourth-order valence-electron chi connectivity index (χ4n) is 0.532. The summed E-state index contributed by atoms with van der Waals surface area (Å²) in [7, 11) is 0. The zero-order valence-electron chi connectivity index (χ0n) is 7.02. The van der Waals surface area contributed by atoms with Crippen molar-refractivity contribution in [3.05, 3.63) is 0 Å². The summed E-state index contributed by atoms with van der Waals surface area (Å²) >= 11 is 0. The van der Waals surface area contributed by atoms with Crippen molar-refractivity contribution in [2.45, 2.75) is 32.1 Å². The van der Waals surface area contributed by atoms with E-state index in [0.29, 0.717) is 0 Å². The lowest BCUT2D eigenvalue weighted by molar-refractivity contribution is -0.375. The van der Waals surface area contributed by atoms with Crippen LogP contribution in [0.2, 0.25) is 0 Å². The SMILES string of the molecule is CC(C)(C(F)(F)F)C(F)(F)C(F)(F)F. The third-order valence-electron chi connectivity index (χ3n) is 1.85. The monoisotopic (exact) mass is 230 g/mol. The van der Waals surface area contributed by atoms with E-state index in [-0.39, 0.29) is 13.8 Å². The second kappa shape index (κ2) is 2.96. The molecule has 0 aromatic heterocycles. The van der Waals surface area contributed by atoms with Gasteiger partial charge in [0.05, 0.1) is 0 Å². The van der Waals surface area contributed by atoms with Gasteiger partial charge in [0.25, 0.3) is 0 Å². The van der Waals surface area contributed by atoms with Crippen molar-refractivity contribution in [1.29, 1.82) is 0 Å². The lowest BCUT2D eigenvalue weighted by Crippen LogP contribution is -2.55. The molecule has 0 unspecified atom stereocenters. The van der Waals surface area contributed by atoms with Crippen LogP contribution >= 0.6 is 0 Å². The second-order valence-corrected chi connectivity index (χ2v) is 3.19. The first-order chi connectivity index (χ1) is 5.75. The van der Waals surface area contributed by atoms with Gasteiger partial charge in [-0.2, -0.15) is 35.1 Å². The zero-order valence-corrected chi connectivity index (χ0v) is 7.02. The predicted molar refractivity (Wildman–Crippen MR) is 30.8 cm³/mol. The normalized spacial score (nSPS) is 15.9. The summed E-state index contributed by atoms with van der Waals surface area (Å²) in [5.41, 5.74) is -4.14. The van der Waals surface area contributed by atoms with Crippen molar-refractivity contribution < 1.29 is 35.1 Å². The Morgan fingerprint density at radius 3 is 0.929 bits per heavy atom. The maximum absolute atomic E-state index is 12.4. The van der Waals surface area contributed by atoms with Gasteiger partial charge >= 0.3 is 18.3 Å². The summed E-state index contributed by atoms with van der Waals surface area (Å²) < 4.78 is 95.2. The van der Waals surface area contributed by atoms with Gasteiger partial charge in [-0.05, 0) is 13.8 Å². The topological polar surface area (TPSA) is 0 Å². The third-order valence-corrected chi connectivity index (χ3v) is 1.85. The Labute approximate surface area is 73.9 Å². The van der Waals surface area contributed by atoms with E-state index in [1.165, 1.54) is 0 Å². The lowest BCUT2D eigenvalue weighted by atomic mass is 9.84. The average Bonchev–Trinajstić information content (AvgIpc) is 1.81. The molecule has 0 aliphatic carbocycles. The molecule has 0 nitrogen and oxygen atoms in total. The van der Waals surface area contributed by atoms with E-state index in [9.17, 15) is 35.1 Å². The highest BCUT2D eigenvalue weighted by molar-refractivity contribution is 4.95. The Balaban J connectivity index is 5.30. The Morgan fingerprint density at radius 2 is 0.857 bits per heavy atom. The van der Waals surface area contributed by atoms with Crippen molar-refractivity contribution in [2.24, 2.45) is 5.41 Å². The highest BCUT2D eigenvalue weighted by Gasteiger charge is 2.74. The Bertz CT molecular complexity index is 183. The summed E-state index contributed by atoms with van der Waals surface area (Å²) in [5.74, 6) is -5.81. The number of alkyl halides is 8. The van der Waals surface area contributed by atoms with Gasteiger partial charge in [0.2, 0.25) is 0 Å². The molecule has 0 saturated carbocycles. The Kier molecular flexibility index (Phi) is 2.84. The molecule has 0 aromatic rings. The van der Waals surface area contributed by atoms with Crippen molar-refractivity contribution in [3.63, 3.8) is 0 Å². The molecule has 0 heterocycles. The molecule has 0 saturated heterocycles. The van der Waals surface area contributed by atoms with Gasteiger partial charge in [0.15, 0.2) is 0 Å². The molecular formula is C6H6F8. The summed E-state index contributed by atoms with van der Waals surface area (Å²) in [5, 5.41) is 0. The van der Waals surface area contributed by atoms with Gasteiger partial charge in [-0.15, -0.1) is 0 Å². The predicted octanol–water partition coefficient (Wildman–Crippen LogP) is 3.77. The number of halogens is 8. The molecule has 0 atom stereocenters. The maximum atomic E-state index is 12.4. The molecule has 0 aliphatic heterocycles. The van der Waals surface area contributed by atoms with Crippen LogP contribution in [-0.4, -0.2) is 18.3 Å². The van der Waals surface area contributed by atoms with Crippen LogP contribution in [0.4, 0.5) is 35.1 Å². The van der Waals surface area contributed by atoms with Crippen LogP contribution < -0.4 is 0 Å². The molecule has 0 bridgehead atoms. The van der Waals surface area contributed by atoms with Crippen molar-refractivity contribution in [3.8, 4) is 0 Å². The highest BCUT2D eigenvalue weighted by atomic mass is 19.4. The van der Waals surface area contributed by atoms with E-state index in [4.69, 9.17) is 0 Å². The van der Waals surface area contributed by atoms with Crippen LogP contribution in [0.25, 0.3) is 0 Å². The molecule has 8 heteroatoms. The lowest BCUT2D eigenvalue weighted by Gasteiger charge is -2.36. The van der Waals surface area contributed by atoms with E-state index in [2.05, 4.69) is 0 Å². The minimum Gasteiger partial charge on any atom is -0.195 e. The van der Waals surface area contributed by atoms with E-state index in [1.807, 2.05) is 0 Å². The maximum Gasteiger partial charge on any atom is 0.454 e. The van der Waals surface area contributed by atoms with Gasteiger partial charge in [-0.25, -0.2) is 0 Å². The summed E-state index contributed by atoms with van der Waals surface area (Å²) in [4.78, 5) is 0. The van der Waals surface area contributed by atoms with E-state index < -0.39 is 23.7 Å².